The number of rotatable bonds is 4. The number of nitrogens with zero attached hydrogens (tertiary/aromatic N) is 1. The van der Waals surface area contributed by atoms with Crippen molar-refractivity contribution < 1.29 is 5.11 Å². The molecular formula is C10H23NO. The van der Waals surface area contributed by atoms with E-state index in [1.165, 1.54) is 0 Å². The van der Waals surface area contributed by atoms with Crippen molar-refractivity contribution in [3.63, 3.8) is 0 Å². The summed E-state index contributed by atoms with van der Waals surface area (Å²) in [7, 11) is 2.04. The molecular weight excluding hydrogens is 150 g/mol. The molecule has 0 aliphatic rings. The molecule has 1 unspecified atom stereocenters. The van der Waals surface area contributed by atoms with Crippen molar-refractivity contribution in [2.45, 2.75) is 46.3 Å². The lowest BCUT2D eigenvalue weighted by atomic mass is 9.92. The number of hydrogen-bond acceptors (Lipinski definition) is 2. The van der Waals surface area contributed by atoms with E-state index >= 15 is 0 Å². The molecule has 74 valence electrons. The molecule has 0 heterocycles. The lowest BCUT2D eigenvalue weighted by molar-refractivity contribution is -0.0190. The summed E-state index contributed by atoms with van der Waals surface area (Å²) in [5, 5.41) is 9.97. The van der Waals surface area contributed by atoms with Gasteiger partial charge >= 0.3 is 0 Å². The minimum absolute atomic E-state index is 0.304. The molecule has 0 saturated heterocycles. The first kappa shape index (κ1) is 11.9. The molecule has 2 heteroatoms. The number of aliphatic hydroxyl groups is 1. The number of hydrogen-bond donors (Lipinski definition) is 1. The van der Waals surface area contributed by atoms with Gasteiger partial charge in [-0.2, -0.15) is 0 Å². The van der Waals surface area contributed by atoms with Gasteiger partial charge in [0, 0.05) is 12.6 Å². The summed E-state index contributed by atoms with van der Waals surface area (Å²) < 4.78 is 0. The Hall–Kier alpha value is -0.0800. The average molecular weight is 173 g/mol. The minimum Gasteiger partial charge on any atom is -0.389 e. The van der Waals surface area contributed by atoms with Crippen LogP contribution in [0.4, 0.5) is 0 Å². The largest absolute Gasteiger partial charge is 0.389 e. The molecule has 0 rings (SSSR count). The van der Waals surface area contributed by atoms with Gasteiger partial charge in [-0.15, -0.1) is 0 Å². The Bertz CT molecular complexity index is 130. The van der Waals surface area contributed by atoms with Crippen LogP contribution in [-0.4, -0.2) is 35.2 Å². The third-order valence-electron chi connectivity index (χ3n) is 2.69. The second kappa shape index (κ2) is 4.24. The Balaban J connectivity index is 4.05. The SMILES string of the molecule is CC(C)N(C)CC(C)(O)C(C)C. The lowest BCUT2D eigenvalue weighted by Crippen LogP contribution is -2.45. The summed E-state index contributed by atoms with van der Waals surface area (Å²) in [5.74, 6) is 0.304. The normalized spacial score (nSPS) is 17.5. The average Bonchev–Trinajstić information content (AvgIpc) is 1.85. The Labute approximate surface area is 76.6 Å². The highest BCUT2D eigenvalue weighted by Gasteiger charge is 2.26. The van der Waals surface area contributed by atoms with E-state index in [1.807, 2.05) is 27.8 Å². The fraction of sp³-hybridized carbons (Fsp3) is 1.00. The van der Waals surface area contributed by atoms with E-state index in [4.69, 9.17) is 0 Å². The van der Waals surface area contributed by atoms with E-state index in [9.17, 15) is 5.11 Å². The van der Waals surface area contributed by atoms with Crippen LogP contribution in [0.5, 0.6) is 0 Å². The Kier molecular flexibility index (Phi) is 4.21. The zero-order chi connectivity index (χ0) is 9.94. The standard InChI is InChI=1S/C10H23NO/c1-8(2)10(5,12)7-11(6)9(3)4/h8-9,12H,7H2,1-6H3. The second-order valence-corrected chi connectivity index (χ2v) is 4.52. The van der Waals surface area contributed by atoms with Crippen LogP contribution in [-0.2, 0) is 0 Å². The smallest absolute Gasteiger partial charge is 0.0768 e. The molecule has 0 amide bonds. The molecule has 0 aromatic carbocycles. The maximum atomic E-state index is 9.97. The van der Waals surface area contributed by atoms with Gasteiger partial charge in [0.1, 0.15) is 0 Å². The predicted molar refractivity (Wildman–Crippen MR) is 53.2 cm³/mol. The van der Waals surface area contributed by atoms with Crippen LogP contribution in [0, 0.1) is 5.92 Å². The van der Waals surface area contributed by atoms with Crippen molar-refractivity contribution in [2.24, 2.45) is 5.92 Å². The van der Waals surface area contributed by atoms with Gasteiger partial charge in [0.15, 0.2) is 0 Å². The molecule has 2 nitrogen and oxygen atoms in total. The molecule has 0 spiro atoms. The molecule has 0 saturated carbocycles. The topological polar surface area (TPSA) is 23.5 Å². The van der Waals surface area contributed by atoms with Gasteiger partial charge < -0.3 is 10.0 Å². The van der Waals surface area contributed by atoms with Crippen molar-refractivity contribution in [1.29, 1.82) is 0 Å². The third-order valence-corrected chi connectivity index (χ3v) is 2.69. The summed E-state index contributed by atoms with van der Waals surface area (Å²) in [4.78, 5) is 2.17. The minimum atomic E-state index is -0.570. The third kappa shape index (κ3) is 3.55. The highest BCUT2D eigenvalue weighted by molar-refractivity contribution is 4.80. The van der Waals surface area contributed by atoms with Gasteiger partial charge in [-0.05, 0) is 33.7 Å². The van der Waals surface area contributed by atoms with Gasteiger partial charge in [0.2, 0.25) is 0 Å². The summed E-state index contributed by atoms with van der Waals surface area (Å²) in [6, 6.07) is 0.496. The quantitative estimate of drug-likeness (QED) is 0.700. The lowest BCUT2D eigenvalue weighted by Gasteiger charge is -2.34. The van der Waals surface area contributed by atoms with Crippen LogP contribution in [0.1, 0.15) is 34.6 Å². The molecule has 1 N–H and O–H groups in total. The molecule has 0 bridgehead atoms. The Morgan fingerprint density at radius 2 is 1.67 bits per heavy atom. The molecule has 0 radical (unpaired) electrons. The van der Waals surface area contributed by atoms with Gasteiger partial charge in [0.05, 0.1) is 5.60 Å². The van der Waals surface area contributed by atoms with Gasteiger partial charge in [-0.25, -0.2) is 0 Å². The summed E-state index contributed by atoms with van der Waals surface area (Å²) in [6.45, 7) is 11.0. The first-order chi connectivity index (χ1) is 5.27. The van der Waals surface area contributed by atoms with Crippen molar-refractivity contribution >= 4 is 0 Å². The highest BCUT2D eigenvalue weighted by atomic mass is 16.3. The van der Waals surface area contributed by atoms with Crippen LogP contribution < -0.4 is 0 Å². The van der Waals surface area contributed by atoms with Crippen molar-refractivity contribution in [1.82, 2.24) is 4.90 Å². The van der Waals surface area contributed by atoms with Crippen LogP contribution >= 0.6 is 0 Å². The Morgan fingerprint density at radius 3 is 1.92 bits per heavy atom. The fourth-order valence-corrected chi connectivity index (χ4v) is 0.870. The van der Waals surface area contributed by atoms with Crippen molar-refractivity contribution in [3.8, 4) is 0 Å². The van der Waals surface area contributed by atoms with Crippen molar-refractivity contribution in [2.75, 3.05) is 13.6 Å². The van der Waals surface area contributed by atoms with Gasteiger partial charge in [-0.3, -0.25) is 0 Å². The highest BCUT2D eigenvalue weighted by Crippen LogP contribution is 2.17. The molecule has 0 fully saturated rings. The van der Waals surface area contributed by atoms with E-state index in [0.29, 0.717) is 12.0 Å². The molecule has 12 heavy (non-hydrogen) atoms. The summed E-state index contributed by atoms with van der Waals surface area (Å²) in [6.07, 6.45) is 0. The molecule has 0 aromatic heterocycles. The molecule has 0 aliphatic heterocycles. The van der Waals surface area contributed by atoms with E-state index in [1.54, 1.807) is 0 Å². The molecule has 0 aromatic rings. The van der Waals surface area contributed by atoms with Crippen LogP contribution in [0.3, 0.4) is 0 Å². The van der Waals surface area contributed by atoms with E-state index in [0.717, 1.165) is 6.54 Å². The number of likely N-dealkylation sites (N-methyl/N-ethyl adjacent to an activating group) is 1. The van der Waals surface area contributed by atoms with Crippen LogP contribution in [0.15, 0.2) is 0 Å². The zero-order valence-corrected chi connectivity index (χ0v) is 9.26. The maximum Gasteiger partial charge on any atom is 0.0768 e. The van der Waals surface area contributed by atoms with Gasteiger partial charge in [-0.1, -0.05) is 13.8 Å². The predicted octanol–water partition coefficient (Wildman–Crippen LogP) is 1.73. The summed E-state index contributed by atoms with van der Waals surface area (Å²) in [5.41, 5.74) is -0.570. The van der Waals surface area contributed by atoms with E-state index < -0.39 is 5.60 Å². The monoisotopic (exact) mass is 173 g/mol. The van der Waals surface area contributed by atoms with Crippen LogP contribution in [0.25, 0.3) is 0 Å². The van der Waals surface area contributed by atoms with E-state index in [2.05, 4.69) is 18.7 Å². The first-order valence-corrected chi connectivity index (χ1v) is 4.70. The van der Waals surface area contributed by atoms with Crippen LogP contribution in [0.2, 0.25) is 0 Å². The summed E-state index contributed by atoms with van der Waals surface area (Å²) >= 11 is 0. The Morgan fingerprint density at radius 1 is 1.25 bits per heavy atom. The second-order valence-electron chi connectivity index (χ2n) is 4.52. The molecule has 1 atom stereocenters. The fourth-order valence-electron chi connectivity index (χ4n) is 0.870. The molecule has 0 aliphatic carbocycles. The maximum absolute atomic E-state index is 9.97. The van der Waals surface area contributed by atoms with Crippen molar-refractivity contribution in [3.05, 3.63) is 0 Å². The van der Waals surface area contributed by atoms with Gasteiger partial charge in [0.25, 0.3) is 0 Å². The van der Waals surface area contributed by atoms with E-state index in [-0.39, 0.29) is 0 Å². The first-order valence-electron chi connectivity index (χ1n) is 4.70. The zero-order valence-electron chi connectivity index (χ0n) is 9.26.